The summed E-state index contributed by atoms with van der Waals surface area (Å²) in [6.07, 6.45) is 14.8. The van der Waals surface area contributed by atoms with Gasteiger partial charge in [0.05, 0.1) is 25.0 Å². The van der Waals surface area contributed by atoms with Gasteiger partial charge in [-0.25, -0.2) is 0 Å². The fraction of sp³-hybridized carbons (Fsp3) is 0.913. The van der Waals surface area contributed by atoms with Crippen LogP contribution in [0.4, 0.5) is 0 Å². The van der Waals surface area contributed by atoms with Crippen LogP contribution in [0.5, 0.6) is 0 Å². The van der Waals surface area contributed by atoms with Crippen LogP contribution in [0.25, 0.3) is 0 Å². The molecular formula is C23H42O4. The van der Waals surface area contributed by atoms with Crippen molar-refractivity contribution in [2.45, 2.75) is 104 Å². The second-order valence-electron chi connectivity index (χ2n) is 8.43. The molecule has 0 radical (unpaired) electrons. The number of esters is 2. The van der Waals surface area contributed by atoms with Crippen molar-refractivity contribution in [1.82, 2.24) is 0 Å². The van der Waals surface area contributed by atoms with Crippen molar-refractivity contribution in [3.63, 3.8) is 0 Å². The fourth-order valence-corrected chi connectivity index (χ4v) is 3.94. The summed E-state index contributed by atoms with van der Waals surface area (Å²) >= 11 is 0. The third-order valence-corrected chi connectivity index (χ3v) is 5.58. The second kappa shape index (κ2) is 14.9. The monoisotopic (exact) mass is 382 g/mol. The number of carbonyl (C=O) groups is 2. The Kier molecular flexibility index (Phi) is 13.3. The molecule has 1 saturated carbocycles. The molecule has 0 aliphatic heterocycles. The third-order valence-electron chi connectivity index (χ3n) is 5.58. The quantitative estimate of drug-likeness (QED) is 0.270. The molecule has 0 spiro atoms. The molecule has 0 aromatic rings. The summed E-state index contributed by atoms with van der Waals surface area (Å²) in [4.78, 5) is 24.4. The van der Waals surface area contributed by atoms with Crippen molar-refractivity contribution < 1.29 is 19.1 Å². The first-order valence-corrected chi connectivity index (χ1v) is 11.4. The van der Waals surface area contributed by atoms with E-state index in [0.29, 0.717) is 13.2 Å². The minimum atomic E-state index is -0.304. The van der Waals surface area contributed by atoms with Gasteiger partial charge in [0.2, 0.25) is 0 Å². The maximum Gasteiger partial charge on any atom is 0.309 e. The van der Waals surface area contributed by atoms with Gasteiger partial charge in [-0.2, -0.15) is 0 Å². The predicted octanol–water partition coefficient (Wildman–Crippen LogP) is 6.07. The predicted molar refractivity (Wildman–Crippen MR) is 109 cm³/mol. The first-order valence-electron chi connectivity index (χ1n) is 11.4. The molecule has 158 valence electrons. The molecule has 27 heavy (non-hydrogen) atoms. The van der Waals surface area contributed by atoms with Crippen molar-refractivity contribution in [3.8, 4) is 0 Å². The Morgan fingerprint density at radius 3 is 1.78 bits per heavy atom. The SMILES string of the molecule is CCOC(=O)C1CCCCC1C(=O)OCCCCCCCCCCC(C)C. The van der Waals surface area contributed by atoms with Gasteiger partial charge in [-0.3, -0.25) is 9.59 Å². The van der Waals surface area contributed by atoms with Gasteiger partial charge >= 0.3 is 11.9 Å². The molecule has 0 heterocycles. The van der Waals surface area contributed by atoms with Gasteiger partial charge in [0.15, 0.2) is 0 Å². The standard InChI is InChI=1S/C23H42O4/c1-4-26-22(24)20-16-12-13-17-21(20)23(25)27-18-14-10-8-6-5-7-9-11-15-19(2)3/h19-21H,4-18H2,1-3H3. The number of hydrogen-bond donors (Lipinski definition) is 0. The molecule has 1 rings (SSSR count). The zero-order chi connectivity index (χ0) is 19.9. The highest BCUT2D eigenvalue weighted by atomic mass is 16.5. The molecule has 0 aromatic heterocycles. The molecule has 0 aromatic carbocycles. The smallest absolute Gasteiger partial charge is 0.309 e. The van der Waals surface area contributed by atoms with Crippen LogP contribution in [0.3, 0.4) is 0 Å². The molecule has 4 nitrogen and oxygen atoms in total. The Hall–Kier alpha value is -1.06. The Balaban J connectivity index is 2.06. The zero-order valence-corrected chi connectivity index (χ0v) is 18.0. The van der Waals surface area contributed by atoms with Gasteiger partial charge in [0, 0.05) is 0 Å². The Morgan fingerprint density at radius 2 is 1.26 bits per heavy atom. The highest BCUT2D eigenvalue weighted by Crippen LogP contribution is 2.32. The lowest BCUT2D eigenvalue weighted by atomic mass is 9.79. The summed E-state index contributed by atoms with van der Waals surface area (Å²) in [5.41, 5.74) is 0. The second-order valence-corrected chi connectivity index (χ2v) is 8.43. The molecule has 0 saturated heterocycles. The lowest BCUT2D eigenvalue weighted by Crippen LogP contribution is -2.35. The Bertz CT molecular complexity index is 405. The molecule has 1 fully saturated rings. The summed E-state index contributed by atoms with van der Waals surface area (Å²) in [5, 5.41) is 0. The molecule has 4 heteroatoms. The number of hydrogen-bond acceptors (Lipinski definition) is 4. The van der Waals surface area contributed by atoms with Crippen molar-refractivity contribution in [2.75, 3.05) is 13.2 Å². The van der Waals surface area contributed by atoms with Gasteiger partial charge in [-0.1, -0.05) is 78.1 Å². The minimum Gasteiger partial charge on any atom is -0.466 e. The molecule has 0 amide bonds. The Labute approximate surface area is 166 Å². The largest absolute Gasteiger partial charge is 0.466 e. The van der Waals surface area contributed by atoms with Crippen molar-refractivity contribution >= 4 is 11.9 Å². The summed E-state index contributed by atoms with van der Waals surface area (Å²) < 4.78 is 10.6. The van der Waals surface area contributed by atoms with Gasteiger partial charge < -0.3 is 9.47 Å². The van der Waals surface area contributed by atoms with Crippen LogP contribution in [0.15, 0.2) is 0 Å². The molecular weight excluding hydrogens is 340 g/mol. The summed E-state index contributed by atoms with van der Waals surface area (Å²) in [5.74, 6) is -0.204. The summed E-state index contributed by atoms with van der Waals surface area (Å²) in [6, 6.07) is 0. The van der Waals surface area contributed by atoms with Crippen molar-refractivity contribution in [2.24, 2.45) is 17.8 Å². The van der Waals surface area contributed by atoms with Gasteiger partial charge in [0.25, 0.3) is 0 Å². The lowest BCUT2D eigenvalue weighted by Gasteiger charge is -2.28. The van der Waals surface area contributed by atoms with E-state index in [1.54, 1.807) is 6.92 Å². The first-order chi connectivity index (χ1) is 13.1. The van der Waals surface area contributed by atoms with Crippen LogP contribution in [-0.4, -0.2) is 25.2 Å². The van der Waals surface area contributed by atoms with E-state index < -0.39 is 0 Å². The maximum absolute atomic E-state index is 12.4. The van der Waals surface area contributed by atoms with E-state index in [1.807, 2.05) is 0 Å². The summed E-state index contributed by atoms with van der Waals surface area (Å²) in [6.45, 7) is 7.24. The highest BCUT2D eigenvalue weighted by Gasteiger charge is 2.37. The van der Waals surface area contributed by atoms with Gasteiger partial charge in [0.1, 0.15) is 0 Å². The van der Waals surface area contributed by atoms with Crippen LogP contribution in [0.1, 0.15) is 104 Å². The van der Waals surface area contributed by atoms with Crippen molar-refractivity contribution in [1.29, 1.82) is 0 Å². The van der Waals surface area contributed by atoms with Crippen LogP contribution in [0.2, 0.25) is 0 Å². The highest BCUT2D eigenvalue weighted by molar-refractivity contribution is 5.82. The Morgan fingerprint density at radius 1 is 0.778 bits per heavy atom. The van der Waals surface area contributed by atoms with E-state index in [1.165, 1.54) is 44.9 Å². The van der Waals surface area contributed by atoms with E-state index in [9.17, 15) is 9.59 Å². The van der Waals surface area contributed by atoms with Crippen LogP contribution >= 0.6 is 0 Å². The molecule has 0 N–H and O–H groups in total. The minimum absolute atomic E-state index is 0.196. The lowest BCUT2D eigenvalue weighted by molar-refractivity contribution is -0.162. The molecule has 2 atom stereocenters. The fourth-order valence-electron chi connectivity index (χ4n) is 3.94. The van der Waals surface area contributed by atoms with Crippen LogP contribution < -0.4 is 0 Å². The molecule has 0 bridgehead atoms. The van der Waals surface area contributed by atoms with E-state index in [4.69, 9.17) is 9.47 Å². The van der Waals surface area contributed by atoms with E-state index in [-0.39, 0.29) is 23.8 Å². The number of unbranched alkanes of at least 4 members (excludes halogenated alkanes) is 7. The van der Waals surface area contributed by atoms with E-state index >= 15 is 0 Å². The molecule has 1 aliphatic carbocycles. The summed E-state index contributed by atoms with van der Waals surface area (Å²) in [7, 11) is 0. The zero-order valence-electron chi connectivity index (χ0n) is 18.0. The normalized spacial score (nSPS) is 19.9. The van der Waals surface area contributed by atoms with Gasteiger partial charge in [-0.15, -0.1) is 0 Å². The average molecular weight is 383 g/mol. The number of carbonyl (C=O) groups excluding carboxylic acids is 2. The van der Waals surface area contributed by atoms with E-state index in [2.05, 4.69) is 13.8 Å². The van der Waals surface area contributed by atoms with E-state index in [0.717, 1.165) is 44.4 Å². The van der Waals surface area contributed by atoms with Crippen LogP contribution in [0, 0.1) is 17.8 Å². The van der Waals surface area contributed by atoms with Crippen LogP contribution in [-0.2, 0) is 19.1 Å². The molecule has 2 unspecified atom stereocenters. The van der Waals surface area contributed by atoms with Crippen molar-refractivity contribution in [3.05, 3.63) is 0 Å². The topological polar surface area (TPSA) is 52.6 Å². The number of ether oxygens (including phenoxy) is 2. The maximum atomic E-state index is 12.4. The molecule has 1 aliphatic rings. The average Bonchev–Trinajstić information content (AvgIpc) is 2.65. The van der Waals surface area contributed by atoms with Gasteiger partial charge in [-0.05, 0) is 32.1 Å². The third kappa shape index (κ3) is 10.8. The first kappa shape index (κ1) is 24.0. The number of rotatable bonds is 14.